The maximum Gasteiger partial charge on any atom is 0.254 e. The van der Waals surface area contributed by atoms with E-state index in [0.717, 1.165) is 19.3 Å². The zero-order valence-corrected chi connectivity index (χ0v) is 12.8. The van der Waals surface area contributed by atoms with Crippen molar-refractivity contribution in [3.8, 4) is 11.8 Å². The molecule has 4 nitrogen and oxygen atoms in total. The number of carbonyl (C=O) groups is 1. The van der Waals surface area contributed by atoms with Gasteiger partial charge in [-0.15, -0.1) is 0 Å². The number of hydrogen-bond acceptors (Lipinski definition) is 3. The van der Waals surface area contributed by atoms with Gasteiger partial charge in [-0.1, -0.05) is 24.9 Å². The smallest absolute Gasteiger partial charge is 0.254 e. The molecule has 2 N–H and O–H groups in total. The molecule has 0 aliphatic heterocycles. The number of nitrogens with zero attached hydrogens (tertiary/aromatic N) is 1. The third-order valence-electron chi connectivity index (χ3n) is 4.30. The van der Waals surface area contributed by atoms with Crippen molar-refractivity contribution in [1.82, 2.24) is 5.32 Å². The van der Waals surface area contributed by atoms with E-state index in [1.807, 2.05) is 0 Å². The summed E-state index contributed by atoms with van der Waals surface area (Å²) in [7, 11) is 0. The summed E-state index contributed by atoms with van der Waals surface area (Å²) < 4.78 is 0. The van der Waals surface area contributed by atoms with Crippen LogP contribution in [0.15, 0.2) is 18.2 Å². The summed E-state index contributed by atoms with van der Waals surface area (Å²) >= 11 is 5.99. The first-order valence-corrected chi connectivity index (χ1v) is 7.60. The molecule has 112 valence electrons. The molecule has 0 bridgehead atoms. The third-order valence-corrected chi connectivity index (χ3v) is 4.63. The van der Waals surface area contributed by atoms with E-state index in [4.69, 9.17) is 11.6 Å². The third kappa shape index (κ3) is 3.48. The summed E-state index contributed by atoms with van der Waals surface area (Å²) in [5, 5.41) is 22.0. The lowest BCUT2D eigenvalue weighted by molar-refractivity contribution is 0.0891. The Bertz CT molecular complexity index is 572. The Morgan fingerprint density at radius 2 is 2.19 bits per heavy atom. The highest BCUT2D eigenvalue weighted by Crippen LogP contribution is 2.34. The average Bonchev–Trinajstić information content (AvgIpc) is 2.50. The van der Waals surface area contributed by atoms with Gasteiger partial charge in [-0.25, -0.2) is 0 Å². The molecule has 1 saturated carbocycles. The first-order valence-electron chi connectivity index (χ1n) is 7.22. The van der Waals surface area contributed by atoms with Gasteiger partial charge in [0.1, 0.15) is 11.3 Å². The van der Waals surface area contributed by atoms with Crippen molar-refractivity contribution in [3.63, 3.8) is 0 Å². The number of rotatable bonds is 3. The van der Waals surface area contributed by atoms with Crippen LogP contribution in [0.3, 0.4) is 0 Å². The molecule has 1 aliphatic rings. The molecule has 21 heavy (non-hydrogen) atoms. The summed E-state index contributed by atoms with van der Waals surface area (Å²) in [6, 6.07) is 6.47. The molecule has 0 spiro atoms. The Morgan fingerprint density at radius 1 is 1.52 bits per heavy atom. The highest BCUT2D eigenvalue weighted by atomic mass is 35.5. The Morgan fingerprint density at radius 3 is 2.76 bits per heavy atom. The maximum atomic E-state index is 12.3. The quantitative estimate of drug-likeness (QED) is 0.895. The first-order chi connectivity index (χ1) is 9.99. The van der Waals surface area contributed by atoms with Crippen LogP contribution in [0.25, 0.3) is 0 Å². The zero-order chi connectivity index (χ0) is 15.5. The second-order valence-electron chi connectivity index (χ2n) is 5.66. The predicted octanol–water partition coefficient (Wildman–Crippen LogP) is 3.64. The second-order valence-corrected chi connectivity index (χ2v) is 6.07. The van der Waals surface area contributed by atoms with E-state index in [2.05, 4.69) is 18.3 Å². The van der Waals surface area contributed by atoms with Crippen molar-refractivity contribution in [3.05, 3.63) is 28.8 Å². The molecule has 2 rings (SSSR count). The van der Waals surface area contributed by atoms with E-state index < -0.39 is 11.4 Å². The van der Waals surface area contributed by atoms with Gasteiger partial charge in [-0.3, -0.25) is 4.79 Å². The number of carbonyl (C=O) groups excluding carboxylic acids is 1. The summed E-state index contributed by atoms with van der Waals surface area (Å²) in [5.41, 5.74) is -0.624. The number of phenolic OH excluding ortho intramolecular Hbond substituents is 1. The molecule has 1 aliphatic carbocycles. The standard InChI is InChI=1S/C16H19ClN2O2/c1-2-11-5-7-16(10-18,8-6-11)19-15(21)13-9-12(20)3-4-14(13)17/h3-4,9,11,20H,2,5-8H2,1H3,(H,19,21). The molecule has 0 radical (unpaired) electrons. The fourth-order valence-electron chi connectivity index (χ4n) is 2.82. The van der Waals surface area contributed by atoms with E-state index >= 15 is 0 Å². The molecule has 1 fully saturated rings. The molecule has 0 unspecified atom stereocenters. The summed E-state index contributed by atoms with van der Waals surface area (Å²) in [6.07, 6.45) is 4.30. The molecule has 5 heteroatoms. The number of nitrogens with one attached hydrogen (secondary N) is 1. The molecule has 0 saturated heterocycles. The number of phenols is 1. The van der Waals surface area contributed by atoms with E-state index in [1.54, 1.807) is 0 Å². The number of amides is 1. The van der Waals surface area contributed by atoms with Gasteiger partial charge in [0.15, 0.2) is 0 Å². The van der Waals surface area contributed by atoms with Gasteiger partial charge in [0, 0.05) is 0 Å². The van der Waals surface area contributed by atoms with Crippen molar-refractivity contribution in [1.29, 1.82) is 5.26 Å². The molecule has 1 aromatic rings. The molecular weight excluding hydrogens is 288 g/mol. The fraction of sp³-hybridized carbons (Fsp3) is 0.500. The van der Waals surface area contributed by atoms with Crippen molar-refractivity contribution in [2.45, 2.75) is 44.6 Å². The second kappa shape index (κ2) is 6.36. The van der Waals surface area contributed by atoms with Crippen LogP contribution in [0.1, 0.15) is 49.4 Å². The lowest BCUT2D eigenvalue weighted by atomic mass is 9.76. The Balaban J connectivity index is 2.14. The first kappa shape index (κ1) is 15.7. The van der Waals surface area contributed by atoms with E-state index in [-0.39, 0.29) is 16.3 Å². The van der Waals surface area contributed by atoms with Crippen molar-refractivity contribution >= 4 is 17.5 Å². The molecule has 1 aromatic carbocycles. The van der Waals surface area contributed by atoms with E-state index in [0.29, 0.717) is 18.8 Å². The lowest BCUT2D eigenvalue weighted by Gasteiger charge is -2.35. The molecular formula is C16H19ClN2O2. The number of hydrogen-bond donors (Lipinski definition) is 2. The van der Waals surface area contributed by atoms with E-state index in [1.165, 1.54) is 18.2 Å². The van der Waals surface area contributed by atoms with Gasteiger partial charge < -0.3 is 10.4 Å². The minimum absolute atomic E-state index is 0.0229. The minimum atomic E-state index is -0.822. The van der Waals surface area contributed by atoms with Gasteiger partial charge in [0.2, 0.25) is 0 Å². The minimum Gasteiger partial charge on any atom is -0.508 e. The highest BCUT2D eigenvalue weighted by Gasteiger charge is 2.36. The van der Waals surface area contributed by atoms with Crippen LogP contribution >= 0.6 is 11.6 Å². The van der Waals surface area contributed by atoms with Crippen molar-refractivity contribution in [2.75, 3.05) is 0 Å². The topological polar surface area (TPSA) is 73.1 Å². The number of benzene rings is 1. The molecule has 0 atom stereocenters. The Hall–Kier alpha value is -1.73. The van der Waals surface area contributed by atoms with Crippen LogP contribution in [0, 0.1) is 17.2 Å². The monoisotopic (exact) mass is 306 g/mol. The molecule has 0 heterocycles. The highest BCUT2D eigenvalue weighted by molar-refractivity contribution is 6.33. The Labute approximate surface area is 129 Å². The van der Waals surface area contributed by atoms with Crippen molar-refractivity contribution in [2.24, 2.45) is 5.92 Å². The molecule has 1 amide bonds. The van der Waals surface area contributed by atoms with Gasteiger partial charge in [0.05, 0.1) is 16.7 Å². The van der Waals surface area contributed by atoms with Gasteiger partial charge >= 0.3 is 0 Å². The Kier molecular flexibility index (Phi) is 4.74. The van der Waals surface area contributed by atoms with Crippen LogP contribution in [0.2, 0.25) is 5.02 Å². The zero-order valence-electron chi connectivity index (χ0n) is 12.0. The summed E-state index contributed by atoms with van der Waals surface area (Å²) in [5.74, 6) is 0.199. The number of aromatic hydroxyl groups is 1. The average molecular weight is 307 g/mol. The van der Waals surface area contributed by atoms with Crippen LogP contribution in [-0.4, -0.2) is 16.6 Å². The van der Waals surface area contributed by atoms with Crippen LogP contribution in [0.5, 0.6) is 5.75 Å². The van der Waals surface area contributed by atoms with Gasteiger partial charge in [-0.05, 0) is 49.8 Å². The van der Waals surface area contributed by atoms with Crippen LogP contribution in [-0.2, 0) is 0 Å². The van der Waals surface area contributed by atoms with E-state index in [9.17, 15) is 15.2 Å². The number of halogens is 1. The largest absolute Gasteiger partial charge is 0.508 e. The normalized spacial score (nSPS) is 25.1. The SMILES string of the molecule is CCC1CCC(C#N)(NC(=O)c2cc(O)ccc2Cl)CC1. The van der Waals surface area contributed by atoms with Crippen LogP contribution in [0.4, 0.5) is 0 Å². The fourth-order valence-corrected chi connectivity index (χ4v) is 3.02. The lowest BCUT2D eigenvalue weighted by Crippen LogP contribution is -2.49. The maximum absolute atomic E-state index is 12.3. The summed E-state index contributed by atoms with van der Waals surface area (Å²) in [6.45, 7) is 2.15. The molecule has 0 aromatic heterocycles. The summed E-state index contributed by atoms with van der Waals surface area (Å²) in [4.78, 5) is 12.3. The van der Waals surface area contributed by atoms with Gasteiger partial charge in [-0.2, -0.15) is 5.26 Å². The van der Waals surface area contributed by atoms with Crippen molar-refractivity contribution < 1.29 is 9.90 Å². The van der Waals surface area contributed by atoms with Gasteiger partial charge in [0.25, 0.3) is 5.91 Å². The van der Waals surface area contributed by atoms with Crippen LogP contribution < -0.4 is 5.32 Å². The predicted molar refractivity (Wildman–Crippen MR) is 81.2 cm³/mol. The number of nitriles is 1.